The third-order valence-corrected chi connectivity index (χ3v) is 4.66. The van der Waals surface area contributed by atoms with E-state index in [0.717, 1.165) is 30.7 Å². The van der Waals surface area contributed by atoms with E-state index < -0.39 is 0 Å². The summed E-state index contributed by atoms with van der Waals surface area (Å²) < 4.78 is 5.55. The van der Waals surface area contributed by atoms with Gasteiger partial charge in [-0.2, -0.15) is 0 Å². The number of anilines is 1. The van der Waals surface area contributed by atoms with Crippen molar-refractivity contribution in [3.63, 3.8) is 0 Å². The van der Waals surface area contributed by atoms with Gasteiger partial charge < -0.3 is 15.0 Å². The number of carbonyl (C=O) groups excluding carboxylic acids is 1. The monoisotopic (exact) mass is 354 g/mol. The Morgan fingerprint density at radius 1 is 1.35 bits per heavy atom. The molecule has 138 valence electrons. The molecular formula is C20H26N4O2. The number of piperidine rings is 1. The van der Waals surface area contributed by atoms with Crippen LogP contribution >= 0.6 is 0 Å². The fourth-order valence-electron chi connectivity index (χ4n) is 3.28. The molecule has 2 heterocycles. The highest BCUT2D eigenvalue weighted by Crippen LogP contribution is 2.23. The molecule has 0 aliphatic carbocycles. The van der Waals surface area contributed by atoms with E-state index in [-0.39, 0.29) is 17.9 Å². The zero-order valence-electron chi connectivity index (χ0n) is 15.4. The van der Waals surface area contributed by atoms with Gasteiger partial charge in [0.2, 0.25) is 11.9 Å². The predicted octanol–water partition coefficient (Wildman–Crippen LogP) is 2.97. The Bertz CT molecular complexity index is 723. The highest BCUT2D eigenvalue weighted by Gasteiger charge is 2.27. The third kappa shape index (κ3) is 4.50. The quantitative estimate of drug-likeness (QED) is 0.864. The molecule has 0 bridgehead atoms. The van der Waals surface area contributed by atoms with Crippen LogP contribution in [0.2, 0.25) is 0 Å². The van der Waals surface area contributed by atoms with Crippen molar-refractivity contribution < 1.29 is 9.53 Å². The smallest absolute Gasteiger partial charge is 0.225 e. The minimum atomic E-state index is -0.0637. The van der Waals surface area contributed by atoms with Crippen LogP contribution in [0.15, 0.2) is 42.7 Å². The molecule has 0 unspecified atom stereocenters. The van der Waals surface area contributed by atoms with E-state index >= 15 is 0 Å². The van der Waals surface area contributed by atoms with Gasteiger partial charge in [0.25, 0.3) is 0 Å². The number of rotatable bonds is 6. The molecule has 0 spiro atoms. The van der Waals surface area contributed by atoms with Gasteiger partial charge in [-0.25, -0.2) is 9.97 Å². The Labute approximate surface area is 154 Å². The third-order valence-electron chi connectivity index (χ3n) is 4.66. The van der Waals surface area contributed by atoms with Gasteiger partial charge in [-0.1, -0.05) is 12.1 Å². The number of nitrogens with one attached hydrogen (secondary N) is 1. The molecule has 2 atom stereocenters. The van der Waals surface area contributed by atoms with E-state index in [4.69, 9.17) is 4.74 Å². The summed E-state index contributed by atoms with van der Waals surface area (Å²) in [5.41, 5.74) is 1.04. The number of amides is 1. The maximum Gasteiger partial charge on any atom is 0.225 e. The second-order valence-corrected chi connectivity index (χ2v) is 6.57. The van der Waals surface area contributed by atoms with Gasteiger partial charge in [0.15, 0.2) is 0 Å². The van der Waals surface area contributed by atoms with Crippen LogP contribution in [-0.2, 0) is 4.79 Å². The molecule has 0 radical (unpaired) electrons. The van der Waals surface area contributed by atoms with Crippen molar-refractivity contribution in [3.8, 4) is 5.75 Å². The summed E-state index contributed by atoms with van der Waals surface area (Å²) in [6, 6.07) is 9.62. The minimum Gasteiger partial charge on any atom is -0.494 e. The fourth-order valence-corrected chi connectivity index (χ4v) is 3.28. The van der Waals surface area contributed by atoms with Crippen LogP contribution in [-0.4, -0.2) is 35.6 Å². The van der Waals surface area contributed by atoms with Crippen molar-refractivity contribution in [1.82, 2.24) is 15.3 Å². The van der Waals surface area contributed by atoms with Crippen molar-refractivity contribution in [3.05, 3.63) is 48.3 Å². The zero-order valence-corrected chi connectivity index (χ0v) is 15.4. The van der Waals surface area contributed by atoms with Gasteiger partial charge in [-0.05, 0) is 50.5 Å². The molecule has 1 fully saturated rings. The summed E-state index contributed by atoms with van der Waals surface area (Å²) in [7, 11) is 0. The topological polar surface area (TPSA) is 67.3 Å². The summed E-state index contributed by atoms with van der Waals surface area (Å²) in [4.78, 5) is 23.5. The zero-order chi connectivity index (χ0) is 18.4. The summed E-state index contributed by atoms with van der Waals surface area (Å²) in [5.74, 6) is 1.56. The molecule has 1 saturated heterocycles. The molecule has 6 nitrogen and oxygen atoms in total. The molecule has 1 aromatic carbocycles. The molecule has 26 heavy (non-hydrogen) atoms. The van der Waals surface area contributed by atoms with Crippen LogP contribution < -0.4 is 15.0 Å². The lowest BCUT2D eigenvalue weighted by Gasteiger charge is -2.32. The molecule has 1 N–H and O–H groups in total. The summed E-state index contributed by atoms with van der Waals surface area (Å²) in [6.45, 7) is 6.14. The molecular weight excluding hydrogens is 328 g/mol. The summed E-state index contributed by atoms with van der Waals surface area (Å²) >= 11 is 0. The molecule has 1 aromatic heterocycles. The molecule has 0 saturated carbocycles. The molecule has 3 rings (SSSR count). The lowest BCUT2D eigenvalue weighted by atomic mass is 9.96. The summed E-state index contributed by atoms with van der Waals surface area (Å²) in [5, 5.41) is 3.15. The lowest BCUT2D eigenvalue weighted by molar-refractivity contribution is -0.125. The molecule has 1 aliphatic rings. The standard InChI is InChI=1S/C20H26N4O2/c1-3-26-18-9-4-7-16(13-18)15(2)23-19(25)17-8-5-12-24(14-17)20-21-10-6-11-22-20/h4,6-7,9-11,13,15,17H,3,5,8,12,14H2,1-2H3,(H,23,25)/t15-,17-/m1/s1. The van der Waals surface area contributed by atoms with Crippen molar-refractivity contribution in [2.24, 2.45) is 5.92 Å². The first kappa shape index (κ1) is 18.2. The van der Waals surface area contributed by atoms with E-state index in [2.05, 4.69) is 20.2 Å². The maximum absolute atomic E-state index is 12.8. The first-order chi connectivity index (χ1) is 12.7. The Morgan fingerprint density at radius 2 is 2.15 bits per heavy atom. The van der Waals surface area contributed by atoms with E-state index in [1.54, 1.807) is 18.5 Å². The van der Waals surface area contributed by atoms with Crippen molar-refractivity contribution in [2.45, 2.75) is 32.7 Å². The number of nitrogens with zero attached hydrogens (tertiary/aromatic N) is 3. The van der Waals surface area contributed by atoms with Crippen LogP contribution in [0.5, 0.6) is 5.75 Å². The largest absolute Gasteiger partial charge is 0.494 e. The Kier molecular flexibility index (Phi) is 6.04. The second-order valence-electron chi connectivity index (χ2n) is 6.57. The normalized spacial score (nSPS) is 18.2. The Morgan fingerprint density at radius 3 is 2.92 bits per heavy atom. The van der Waals surface area contributed by atoms with Crippen molar-refractivity contribution in [1.29, 1.82) is 0 Å². The van der Waals surface area contributed by atoms with Gasteiger partial charge in [0.05, 0.1) is 18.6 Å². The van der Waals surface area contributed by atoms with E-state index in [1.807, 2.05) is 38.1 Å². The van der Waals surface area contributed by atoms with Gasteiger partial charge >= 0.3 is 0 Å². The molecule has 1 amide bonds. The minimum absolute atomic E-state index is 0.0509. The van der Waals surface area contributed by atoms with E-state index in [9.17, 15) is 4.79 Å². The van der Waals surface area contributed by atoms with Crippen LogP contribution in [0.4, 0.5) is 5.95 Å². The van der Waals surface area contributed by atoms with Gasteiger partial charge in [-0.3, -0.25) is 4.79 Å². The van der Waals surface area contributed by atoms with Gasteiger partial charge in [-0.15, -0.1) is 0 Å². The number of hydrogen-bond donors (Lipinski definition) is 1. The average Bonchev–Trinajstić information content (AvgIpc) is 2.69. The maximum atomic E-state index is 12.8. The van der Waals surface area contributed by atoms with Crippen LogP contribution in [0.3, 0.4) is 0 Å². The SMILES string of the molecule is CCOc1cccc([C@@H](C)NC(=O)[C@@H]2CCCN(c3ncccn3)C2)c1. The van der Waals surface area contributed by atoms with Crippen LogP contribution in [0, 0.1) is 5.92 Å². The first-order valence-electron chi connectivity index (χ1n) is 9.22. The highest BCUT2D eigenvalue weighted by molar-refractivity contribution is 5.80. The first-order valence-corrected chi connectivity index (χ1v) is 9.22. The fraction of sp³-hybridized carbons (Fsp3) is 0.450. The molecule has 6 heteroatoms. The highest BCUT2D eigenvalue weighted by atomic mass is 16.5. The lowest BCUT2D eigenvalue weighted by Crippen LogP contribution is -2.44. The number of aromatic nitrogens is 2. The second kappa shape index (κ2) is 8.65. The number of benzene rings is 1. The van der Waals surface area contributed by atoms with Crippen molar-refractivity contribution >= 4 is 11.9 Å². The van der Waals surface area contributed by atoms with E-state index in [1.165, 1.54) is 0 Å². The van der Waals surface area contributed by atoms with Crippen LogP contribution in [0.1, 0.15) is 38.3 Å². The average molecular weight is 354 g/mol. The van der Waals surface area contributed by atoms with Gasteiger partial charge in [0, 0.05) is 25.5 Å². The number of ether oxygens (including phenoxy) is 1. The van der Waals surface area contributed by atoms with Crippen LogP contribution in [0.25, 0.3) is 0 Å². The van der Waals surface area contributed by atoms with E-state index in [0.29, 0.717) is 19.1 Å². The number of carbonyl (C=O) groups is 1. The van der Waals surface area contributed by atoms with Crippen molar-refractivity contribution in [2.75, 3.05) is 24.6 Å². The summed E-state index contributed by atoms with van der Waals surface area (Å²) in [6.07, 6.45) is 5.32. The predicted molar refractivity (Wildman–Crippen MR) is 101 cm³/mol. The molecule has 2 aromatic rings. The number of hydrogen-bond acceptors (Lipinski definition) is 5. The molecule has 1 aliphatic heterocycles. The Balaban J connectivity index is 1.61. The Hall–Kier alpha value is -2.63. The van der Waals surface area contributed by atoms with Gasteiger partial charge in [0.1, 0.15) is 5.75 Å².